The average molecular weight is 289 g/mol. The van der Waals surface area contributed by atoms with Crippen molar-refractivity contribution in [3.05, 3.63) is 23.3 Å². The number of hydrogen-bond acceptors (Lipinski definition) is 3. The van der Waals surface area contributed by atoms with E-state index in [0.29, 0.717) is 22.9 Å². The van der Waals surface area contributed by atoms with E-state index < -0.39 is 0 Å². The molecule has 1 aromatic carbocycles. The summed E-state index contributed by atoms with van der Waals surface area (Å²) in [4.78, 5) is 12.3. The molecule has 1 saturated carbocycles. The zero-order chi connectivity index (χ0) is 15.2. The Morgan fingerprint density at radius 2 is 1.76 bits per heavy atom. The minimum Gasteiger partial charge on any atom is -0.399 e. The fraction of sp³-hybridized carbons (Fsp3) is 0.588. The molecule has 5 N–H and O–H groups in total. The molecule has 0 bridgehead atoms. The monoisotopic (exact) mass is 289 g/mol. The second-order valence-corrected chi connectivity index (χ2v) is 6.20. The molecule has 1 aliphatic carbocycles. The summed E-state index contributed by atoms with van der Waals surface area (Å²) in [6, 6.07) is 3.40. The summed E-state index contributed by atoms with van der Waals surface area (Å²) >= 11 is 0. The van der Waals surface area contributed by atoms with Crippen molar-refractivity contribution in [2.75, 3.05) is 18.0 Å². The van der Waals surface area contributed by atoms with Gasteiger partial charge in [-0.1, -0.05) is 32.1 Å². The fourth-order valence-electron chi connectivity index (χ4n) is 3.07. The minimum atomic E-state index is -0.0615. The second kappa shape index (κ2) is 7.34. The summed E-state index contributed by atoms with van der Waals surface area (Å²) in [6.45, 7) is 2.62. The first-order valence-corrected chi connectivity index (χ1v) is 8.01. The number of hydrogen-bond donors (Lipinski definition) is 3. The molecule has 0 radical (unpaired) electrons. The fourth-order valence-corrected chi connectivity index (χ4v) is 3.07. The Bertz CT molecular complexity index is 491. The molecule has 0 aliphatic heterocycles. The number of anilines is 2. The van der Waals surface area contributed by atoms with Crippen LogP contribution in [0.25, 0.3) is 0 Å². The first kappa shape index (κ1) is 15.7. The van der Waals surface area contributed by atoms with Crippen LogP contribution in [0.3, 0.4) is 0 Å². The SMILES string of the molecule is Cc1c(N)cc(N)cc1C(=O)NCC1CCCCCCC1. The van der Waals surface area contributed by atoms with E-state index in [0.717, 1.165) is 12.1 Å². The summed E-state index contributed by atoms with van der Waals surface area (Å²) in [5.41, 5.74) is 14.2. The van der Waals surface area contributed by atoms with Crippen LogP contribution in [0.4, 0.5) is 11.4 Å². The number of nitrogens with one attached hydrogen (secondary N) is 1. The maximum absolute atomic E-state index is 12.3. The Morgan fingerprint density at radius 3 is 2.43 bits per heavy atom. The average Bonchev–Trinajstić information content (AvgIpc) is 2.41. The Kier molecular flexibility index (Phi) is 5.48. The van der Waals surface area contributed by atoms with Crippen molar-refractivity contribution in [1.82, 2.24) is 5.32 Å². The molecule has 1 fully saturated rings. The van der Waals surface area contributed by atoms with Gasteiger partial charge < -0.3 is 16.8 Å². The van der Waals surface area contributed by atoms with Crippen LogP contribution in [-0.2, 0) is 0 Å². The Morgan fingerprint density at radius 1 is 1.14 bits per heavy atom. The smallest absolute Gasteiger partial charge is 0.251 e. The van der Waals surface area contributed by atoms with Crippen LogP contribution >= 0.6 is 0 Å². The van der Waals surface area contributed by atoms with Crippen LogP contribution < -0.4 is 16.8 Å². The number of benzene rings is 1. The van der Waals surface area contributed by atoms with Crippen molar-refractivity contribution in [3.8, 4) is 0 Å². The molecule has 0 heterocycles. The molecule has 4 heteroatoms. The van der Waals surface area contributed by atoms with Crippen molar-refractivity contribution >= 4 is 17.3 Å². The highest BCUT2D eigenvalue weighted by atomic mass is 16.1. The van der Waals surface area contributed by atoms with Crippen LogP contribution in [0.5, 0.6) is 0 Å². The third-order valence-corrected chi connectivity index (χ3v) is 4.49. The van der Waals surface area contributed by atoms with Crippen molar-refractivity contribution in [1.29, 1.82) is 0 Å². The van der Waals surface area contributed by atoms with Crippen LogP contribution in [-0.4, -0.2) is 12.5 Å². The highest BCUT2D eigenvalue weighted by Gasteiger charge is 2.15. The van der Waals surface area contributed by atoms with Crippen LogP contribution in [0.2, 0.25) is 0 Å². The number of carbonyl (C=O) groups excluding carboxylic acids is 1. The summed E-state index contributed by atoms with van der Waals surface area (Å²) in [7, 11) is 0. The quantitative estimate of drug-likeness (QED) is 0.747. The van der Waals surface area contributed by atoms with Gasteiger partial charge in [-0.15, -0.1) is 0 Å². The van der Waals surface area contributed by atoms with Crippen LogP contribution in [0, 0.1) is 12.8 Å². The lowest BCUT2D eigenvalue weighted by Gasteiger charge is -2.20. The van der Waals surface area contributed by atoms with E-state index in [1.165, 1.54) is 44.9 Å². The van der Waals surface area contributed by atoms with E-state index >= 15 is 0 Å². The maximum atomic E-state index is 12.3. The molecule has 116 valence electrons. The van der Waals surface area contributed by atoms with Crippen LogP contribution in [0.1, 0.15) is 60.9 Å². The van der Waals surface area contributed by atoms with E-state index in [4.69, 9.17) is 11.5 Å². The summed E-state index contributed by atoms with van der Waals surface area (Å²) < 4.78 is 0. The predicted molar refractivity (Wildman–Crippen MR) is 88.1 cm³/mol. The molecule has 4 nitrogen and oxygen atoms in total. The molecule has 0 atom stereocenters. The Balaban J connectivity index is 1.95. The summed E-state index contributed by atoms with van der Waals surface area (Å²) in [5.74, 6) is 0.543. The van der Waals surface area contributed by atoms with E-state index in [1.54, 1.807) is 12.1 Å². The summed E-state index contributed by atoms with van der Waals surface area (Å²) in [6.07, 6.45) is 9.03. The van der Waals surface area contributed by atoms with Crippen LogP contribution in [0.15, 0.2) is 12.1 Å². The highest BCUT2D eigenvalue weighted by Crippen LogP contribution is 2.23. The molecule has 0 aromatic heterocycles. The van der Waals surface area contributed by atoms with E-state index in [1.807, 2.05) is 6.92 Å². The zero-order valence-corrected chi connectivity index (χ0v) is 13.0. The van der Waals surface area contributed by atoms with Gasteiger partial charge in [-0.2, -0.15) is 0 Å². The van der Waals surface area contributed by atoms with Gasteiger partial charge in [0.1, 0.15) is 0 Å². The summed E-state index contributed by atoms with van der Waals surface area (Å²) in [5, 5.41) is 3.06. The van der Waals surface area contributed by atoms with Gasteiger partial charge in [0.05, 0.1) is 0 Å². The van der Waals surface area contributed by atoms with Gasteiger partial charge >= 0.3 is 0 Å². The molecule has 0 unspecified atom stereocenters. The maximum Gasteiger partial charge on any atom is 0.251 e. The number of rotatable bonds is 3. The van der Waals surface area contributed by atoms with Gasteiger partial charge in [-0.05, 0) is 43.4 Å². The molecular weight excluding hydrogens is 262 g/mol. The van der Waals surface area contributed by atoms with E-state index in [9.17, 15) is 4.79 Å². The van der Waals surface area contributed by atoms with Crippen molar-refractivity contribution in [2.24, 2.45) is 5.92 Å². The van der Waals surface area contributed by atoms with Crippen molar-refractivity contribution < 1.29 is 4.79 Å². The minimum absolute atomic E-state index is 0.0615. The van der Waals surface area contributed by atoms with E-state index in [2.05, 4.69) is 5.32 Å². The third-order valence-electron chi connectivity index (χ3n) is 4.49. The molecule has 2 rings (SSSR count). The van der Waals surface area contributed by atoms with Gasteiger partial charge in [-0.25, -0.2) is 0 Å². The van der Waals surface area contributed by atoms with Crippen molar-refractivity contribution in [3.63, 3.8) is 0 Å². The molecule has 1 amide bonds. The van der Waals surface area contributed by atoms with Gasteiger partial charge in [0.25, 0.3) is 5.91 Å². The molecule has 0 spiro atoms. The number of nitrogens with two attached hydrogens (primary N) is 2. The zero-order valence-electron chi connectivity index (χ0n) is 13.0. The number of nitrogen functional groups attached to an aromatic ring is 2. The molecule has 1 aliphatic rings. The van der Waals surface area contributed by atoms with E-state index in [-0.39, 0.29) is 5.91 Å². The standard InChI is InChI=1S/C17H27N3O/c1-12-15(9-14(18)10-16(12)19)17(21)20-11-13-7-5-3-2-4-6-8-13/h9-10,13H,2-8,11,18-19H2,1H3,(H,20,21). The first-order valence-electron chi connectivity index (χ1n) is 8.01. The van der Waals surface area contributed by atoms with Gasteiger partial charge in [0, 0.05) is 23.5 Å². The van der Waals surface area contributed by atoms with Gasteiger partial charge in [0.2, 0.25) is 0 Å². The van der Waals surface area contributed by atoms with Gasteiger partial charge in [-0.3, -0.25) is 4.79 Å². The molecule has 0 saturated heterocycles. The lowest BCUT2D eigenvalue weighted by atomic mass is 9.91. The third kappa shape index (κ3) is 4.38. The lowest BCUT2D eigenvalue weighted by molar-refractivity contribution is 0.0944. The largest absolute Gasteiger partial charge is 0.399 e. The number of amides is 1. The topological polar surface area (TPSA) is 81.1 Å². The molecule has 21 heavy (non-hydrogen) atoms. The predicted octanol–water partition coefficient (Wildman–Crippen LogP) is 3.25. The highest BCUT2D eigenvalue weighted by molar-refractivity contribution is 5.98. The Labute approximate surface area is 127 Å². The van der Waals surface area contributed by atoms with Gasteiger partial charge in [0.15, 0.2) is 0 Å². The second-order valence-electron chi connectivity index (χ2n) is 6.20. The molecule has 1 aromatic rings. The Hall–Kier alpha value is -1.71. The lowest BCUT2D eigenvalue weighted by Crippen LogP contribution is -2.30. The molecular formula is C17H27N3O. The number of carbonyl (C=O) groups is 1. The normalized spacial score (nSPS) is 17.0. The first-order chi connectivity index (χ1) is 10.1. The van der Waals surface area contributed by atoms with Crippen molar-refractivity contribution in [2.45, 2.75) is 51.9 Å².